The SMILES string of the molecule is CNC(CC#N)c1cc(C(C)C)c(OC)cc1C. The number of hydrogen-bond donors (Lipinski definition) is 1. The second kappa shape index (κ2) is 6.42. The summed E-state index contributed by atoms with van der Waals surface area (Å²) in [6, 6.07) is 6.54. The highest BCUT2D eigenvalue weighted by Gasteiger charge is 2.16. The number of aryl methyl sites for hydroxylation is 1. The summed E-state index contributed by atoms with van der Waals surface area (Å²) >= 11 is 0. The Kier molecular flexibility index (Phi) is 5.18. The van der Waals surface area contributed by atoms with Crippen LogP contribution in [0.4, 0.5) is 0 Å². The first kappa shape index (κ1) is 14.5. The van der Waals surface area contributed by atoms with Gasteiger partial charge in [-0.15, -0.1) is 0 Å². The molecule has 1 atom stereocenters. The summed E-state index contributed by atoms with van der Waals surface area (Å²) in [6.07, 6.45) is 0.473. The average molecular weight is 246 g/mol. The number of rotatable bonds is 5. The predicted molar refractivity (Wildman–Crippen MR) is 73.9 cm³/mol. The van der Waals surface area contributed by atoms with Crippen LogP contribution in [0.15, 0.2) is 12.1 Å². The summed E-state index contributed by atoms with van der Waals surface area (Å²) in [6.45, 7) is 6.36. The van der Waals surface area contributed by atoms with E-state index in [0.29, 0.717) is 12.3 Å². The van der Waals surface area contributed by atoms with E-state index in [1.807, 2.05) is 7.05 Å². The molecule has 1 N–H and O–H groups in total. The molecule has 1 aromatic rings. The van der Waals surface area contributed by atoms with Crippen molar-refractivity contribution >= 4 is 0 Å². The summed E-state index contributed by atoms with van der Waals surface area (Å²) in [7, 11) is 3.59. The van der Waals surface area contributed by atoms with Gasteiger partial charge >= 0.3 is 0 Å². The molecule has 0 saturated heterocycles. The molecule has 1 rings (SSSR count). The van der Waals surface area contributed by atoms with Crippen molar-refractivity contribution in [3.05, 3.63) is 28.8 Å². The summed E-state index contributed by atoms with van der Waals surface area (Å²) in [5.41, 5.74) is 3.53. The van der Waals surface area contributed by atoms with Gasteiger partial charge in [0.25, 0.3) is 0 Å². The highest BCUT2D eigenvalue weighted by molar-refractivity contribution is 5.45. The molecular weight excluding hydrogens is 224 g/mol. The lowest BCUT2D eigenvalue weighted by atomic mass is 9.92. The van der Waals surface area contributed by atoms with E-state index in [1.54, 1.807) is 7.11 Å². The monoisotopic (exact) mass is 246 g/mol. The fraction of sp³-hybridized carbons (Fsp3) is 0.533. The van der Waals surface area contributed by atoms with Gasteiger partial charge in [0.2, 0.25) is 0 Å². The molecule has 0 bridgehead atoms. The van der Waals surface area contributed by atoms with Crippen LogP contribution in [0.5, 0.6) is 5.75 Å². The van der Waals surface area contributed by atoms with E-state index < -0.39 is 0 Å². The Morgan fingerprint density at radius 2 is 2.00 bits per heavy atom. The molecule has 0 heterocycles. The predicted octanol–water partition coefficient (Wildman–Crippen LogP) is 3.30. The molecule has 0 aliphatic rings. The first-order chi connectivity index (χ1) is 8.54. The number of nitriles is 1. The van der Waals surface area contributed by atoms with Gasteiger partial charge in [-0.3, -0.25) is 0 Å². The topological polar surface area (TPSA) is 45.0 Å². The van der Waals surface area contributed by atoms with E-state index in [4.69, 9.17) is 10.00 Å². The van der Waals surface area contributed by atoms with Crippen molar-refractivity contribution in [3.8, 4) is 11.8 Å². The van der Waals surface area contributed by atoms with Crippen LogP contribution in [0, 0.1) is 18.3 Å². The van der Waals surface area contributed by atoms with Crippen molar-refractivity contribution < 1.29 is 4.74 Å². The Balaban J connectivity index is 3.28. The Hall–Kier alpha value is -1.53. The smallest absolute Gasteiger partial charge is 0.122 e. The van der Waals surface area contributed by atoms with Gasteiger partial charge in [-0.25, -0.2) is 0 Å². The molecule has 0 saturated carbocycles. The molecule has 0 aromatic heterocycles. The molecular formula is C15H22N2O. The normalized spacial score (nSPS) is 12.3. The average Bonchev–Trinajstić information content (AvgIpc) is 2.35. The quantitative estimate of drug-likeness (QED) is 0.867. The maximum Gasteiger partial charge on any atom is 0.122 e. The van der Waals surface area contributed by atoms with E-state index in [9.17, 15) is 0 Å². The molecule has 0 aliphatic carbocycles. The minimum atomic E-state index is 0.0819. The Morgan fingerprint density at radius 3 is 2.44 bits per heavy atom. The fourth-order valence-corrected chi connectivity index (χ4v) is 2.18. The van der Waals surface area contributed by atoms with Crippen LogP contribution >= 0.6 is 0 Å². The lowest BCUT2D eigenvalue weighted by Crippen LogP contribution is -2.17. The zero-order valence-electron chi connectivity index (χ0n) is 11.9. The number of hydrogen-bond acceptors (Lipinski definition) is 3. The van der Waals surface area contributed by atoms with Gasteiger partial charge in [0.15, 0.2) is 0 Å². The fourth-order valence-electron chi connectivity index (χ4n) is 2.18. The number of nitrogens with zero attached hydrogens (tertiary/aromatic N) is 1. The maximum absolute atomic E-state index is 8.88. The molecule has 98 valence electrons. The van der Waals surface area contributed by atoms with E-state index in [0.717, 1.165) is 11.3 Å². The minimum absolute atomic E-state index is 0.0819. The van der Waals surface area contributed by atoms with Gasteiger partial charge < -0.3 is 10.1 Å². The molecule has 0 amide bonds. The standard InChI is InChI=1S/C15H22N2O/c1-10(2)12-9-13(14(17-4)6-7-16)11(3)8-15(12)18-5/h8-10,14,17H,6H2,1-5H3. The van der Waals surface area contributed by atoms with Crippen molar-refractivity contribution in [1.29, 1.82) is 5.26 Å². The van der Waals surface area contributed by atoms with Crippen LogP contribution in [0.2, 0.25) is 0 Å². The van der Waals surface area contributed by atoms with Crippen LogP contribution < -0.4 is 10.1 Å². The second-order valence-corrected chi connectivity index (χ2v) is 4.81. The number of benzene rings is 1. The Bertz CT molecular complexity index is 447. The summed E-state index contributed by atoms with van der Waals surface area (Å²) in [4.78, 5) is 0. The molecule has 3 nitrogen and oxygen atoms in total. The van der Waals surface area contributed by atoms with Crippen LogP contribution in [-0.4, -0.2) is 14.2 Å². The number of methoxy groups -OCH3 is 1. The van der Waals surface area contributed by atoms with E-state index in [1.165, 1.54) is 11.1 Å². The molecule has 1 unspecified atom stereocenters. The van der Waals surface area contributed by atoms with Gasteiger partial charge in [-0.05, 0) is 48.7 Å². The van der Waals surface area contributed by atoms with E-state index >= 15 is 0 Å². The van der Waals surface area contributed by atoms with Crippen LogP contribution in [0.3, 0.4) is 0 Å². The highest BCUT2D eigenvalue weighted by atomic mass is 16.5. The van der Waals surface area contributed by atoms with E-state index in [-0.39, 0.29) is 6.04 Å². The Morgan fingerprint density at radius 1 is 1.33 bits per heavy atom. The van der Waals surface area contributed by atoms with Crippen LogP contribution in [0.25, 0.3) is 0 Å². The zero-order chi connectivity index (χ0) is 13.7. The Labute approximate surface area is 110 Å². The van der Waals surface area contributed by atoms with Gasteiger partial charge in [0, 0.05) is 6.04 Å². The summed E-state index contributed by atoms with van der Waals surface area (Å²) < 4.78 is 5.43. The molecule has 3 heteroatoms. The minimum Gasteiger partial charge on any atom is -0.496 e. The summed E-state index contributed by atoms with van der Waals surface area (Å²) in [5.74, 6) is 1.33. The third-order valence-electron chi connectivity index (χ3n) is 3.26. The third kappa shape index (κ3) is 3.02. The van der Waals surface area contributed by atoms with Crippen LogP contribution in [0.1, 0.15) is 48.9 Å². The zero-order valence-corrected chi connectivity index (χ0v) is 11.9. The molecule has 0 spiro atoms. The molecule has 0 fully saturated rings. The number of ether oxygens (including phenoxy) is 1. The van der Waals surface area contributed by atoms with Crippen molar-refractivity contribution in [2.75, 3.05) is 14.2 Å². The van der Waals surface area contributed by atoms with Gasteiger partial charge in [-0.2, -0.15) is 5.26 Å². The molecule has 0 aliphatic heterocycles. The highest BCUT2D eigenvalue weighted by Crippen LogP contribution is 2.32. The third-order valence-corrected chi connectivity index (χ3v) is 3.26. The van der Waals surface area contributed by atoms with Gasteiger partial charge in [-0.1, -0.05) is 13.8 Å². The first-order valence-electron chi connectivity index (χ1n) is 6.27. The van der Waals surface area contributed by atoms with Crippen molar-refractivity contribution in [1.82, 2.24) is 5.32 Å². The lowest BCUT2D eigenvalue weighted by molar-refractivity contribution is 0.406. The first-order valence-corrected chi connectivity index (χ1v) is 6.27. The van der Waals surface area contributed by atoms with Crippen LogP contribution in [-0.2, 0) is 0 Å². The second-order valence-electron chi connectivity index (χ2n) is 4.81. The summed E-state index contributed by atoms with van der Waals surface area (Å²) in [5, 5.41) is 12.1. The largest absolute Gasteiger partial charge is 0.496 e. The molecule has 0 radical (unpaired) electrons. The molecule has 18 heavy (non-hydrogen) atoms. The van der Waals surface area contributed by atoms with Crippen molar-refractivity contribution in [3.63, 3.8) is 0 Å². The lowest BCUT2D eigenvalue weighted by Gasteiger charge is -2.20. The molecule has 1 aromatic carbocycles. The number of nitrogens with one attached hydrogen (secondary N) is 1. The maximum atomic E-state index is 8.88. The van der Waals surface area contributed by atoms with Gasteiger partial charge in [0.1, 0.15) is 5.75 Å². The van der Waals surface area contributed by atoms with Crippen molar-refractivity contribution in [2.24, 2.45) is 0 Å². The van der Waals surface area contributed by atoms with E-state index in [2.05, 4.69) is 44.3 Å². The van der Waals surface area contributed by atoms with Gasteiger partial charge in [0.05, 0.1) is 19.6 Å². The van der Waals surface area contributed by atoms with Crippen molar-refractivity contribution in [2.45, 2.75) is 39.2 Å².